The summed E-state index contributed by atoms with van der Waals surface area (Å²) in [6.07, 6.45) is 4.52. The number of nitrogens with one attached hydrogen (secondary N) is 1. The van der Waals surface area contributed by atoms with E-state index in [0.29, 0.717) is 0 Å². The second-order valence-electron chi connectivity index (χ2n) is 4.38. The van der Waals surface area contributed by atoms with Crippen molar-refractivity contribution in [1.82, 2.24) is 9.88 Å². The highest BCUT2D eigenvalue weighted by atomic mass is 35.5. The Morgan fingerprint density at radius 1 is 1.22 bits per heavy atom. The molecular formula is C15H19ClN2. The molecule has 0 radical (unpaired) electrons. The maximum atomic E-state index is 6.03. The summed E-state index contributed by atoms with van der Waals surface area (Å²) in [6.45, 7) is 4.16. The summed E-state index contributed by atoms with van der Waals surface area (Å²) in [5, 5.41) is 4.23. The summed E-state index contributed by atoms with van der Waals surface area (Å²) in [4.78, 5) is 0. The maximum absolute atomic E-state index is 6.03. The van der Waals surface area contributed by atoms with Gasteiger partial charge in [0.1, 0.15) is 0 Å². The lowest BCUT2D eigenvalue weighted by Gasteiger charge is -2.10. The summed E-state index contributed by atoms with van der Waals surface area (Å²) >= 11 is 6.03. The largest absolute Gasteiger partial charge is 0.320 e. The SMILES string of the molecule is CCCCNCc1cccn1-c1cccc(Cl)c1. The van der Waals surface area contributed by atoms with Gasteiger partial charge in [0.05, 0.1) is 0 Å². The highest BCUT2D eigenvalue weighted by Crippen LogP contribution is 2.17. The fourth-order valence-electron chi connectivity index (χ4n) is 1.96. The molecular weight excluding hydrogens is 244 g/mol. The first-order valence-electron chi connectivity index (χ1n) is 6.44. The first-order valence-corrected chi connectivity index (χ1v) is 6.82. The number of hydrogen-bond donors (Lipinski definition) is 1. The predicted octanol–water partition coefficient (Wildman–Crippen LogP) is 4.02. The lowest BCUT2D eigenvalue weighted by atomic mass is 10.3. The fourth-order valence-corrected chi connectivity index (χ4v) is 2.14. The molecule has 0 aliphatic rings. The molecule has 0 bridgehead atoms. The summed E-state index contributed by atoms with van der Waals surface area (Å²) < 4.78 is 2.17. The van der Waals surface area contributed by atoms with Crippen LogP contribution in [-0.2, 0) is 6.54 Å². The molecule has 0 unspecified atom stereocenters. The Labute approximate surface area is 114 Å². The molecule has 0 atom stereocenters. The van der Waals surface area contributed by atoms with Crippen molar-refractivity contribution in [3.63, 3.8) is 0 Å². The van der Waals surface area contributed by atoms with E-state index < -0.39 is 0 Å². The minimum absolute atomic E-state index is 0.770. The summed E-state index contributed by atoms with van der Waals surface area (Å²) in [5.74, 6) is 0. The molecule has 1 N–H and O–H groups in total. The van der Waals surface area contributed by atoms with Crippen LogP contribution in [0.1, 0.15) is 25.5 Å². The van der Waals surface area contributed by atoms with Gasteiger partial charge in [-0.1, -0.05) is 31.0 Å². The minimum atomic E-state index is 0.770. The average molecular weight is 263 g/mol. The molecule has 0 aliphatic heterocycles. The van der Waals surface area contributed by atoms with Gasteiger partial charge in [-0.25, -0.2) is 0 Å². The van der Waals surface area contributed by atoms with Gasteiger partial charge in [0.15, 0.2) is 0 Å². The van der Waals surface area contributed by atoms with Crippen LogP contribution in [0.5, 0.6) is 0 Å². The second kappa shape index (κ2) is 6.62. The van der Waals surface area contributed by atoms with E-state index in [-0.39, 0.29) is 0 Å². The predicted molar refractivity (Wildman–Crippen MR) is 77.4 cm³/mol. The van der Waals surface area contributed by atoms with Gasteiger partial charge in [0, 0.05) is 29.1 Å². The Morgan fingerprint density at radius 2 is 2.11 bits per heavy atom. The number of aromatic nitrogens is 1. The Balaban J connectivity index is 2.08. The first kappa shape index (κ1) is 13.2. The Bertz CT molecular complexity index is 491. The van der Waals surface area contributed by atoms with Crippen molar-refractivity contribution in [2.75, 3.05) is 6.54 Å². The van der Waals surface area contributed by atoms with E-state index in [1.165, 1.54) is 18.5 Å². The molecule has 0 aliphatic carbocycles. The third-order valence-electron chi connectivity index (χ3n) is 2.93. The maximum Gasteiger partial charge on any atom is 0.0467 e. The molecule has 0 spiro atoms. The molecule has 0 amide bonds. The lowest BCUT2D eigenvalue weighted by molar-refractivity contribution is 0.627. The third kappa shape index (κ3) is 3.37. The van der Waals surface area contributed by atoms with Crippen molar-refractivity contribution >= 4 is 11.6 Å². The van der Waals surface area contributed by atoms with Gasteiger partial charge in [0.25, 0.3) is 0 Å². The zero-order valence-electron chi connectivity index (χ0n) is 10.7. The van der Waals surface area contributed by atoms with Crippen LogP contribution in [0, 0.1) is 0 Å². The van der Waals surface area contributed by atoms with Gasteiger partial charge in [0.2, 0.25) is 0 Å². The van der Waals surface area contributed by atoms with Crippen molar-refractivity contribution in [3.05, 3.63) is 53.3 Å². The molecule has 1 heterocycles. The second-order valence-corrected chi connectivity index (χ2v) is 4.82. The summed E-state index contributed by atoms with van der Waals surface area (Å²) in [6, 6.07) is 12.1. The molecule has 2 rings (SSSR count). The van der Waals surface area contributed by atoms with E-state index in [4.69, 9.17) is 11.6 Å². The monoisotopic (exact) mass is 262 g/mol. The molecule has 0 fully saturated rings. The molecule has 2 nitrogen and oxygen atoms in total. The van der Waals surface area contributed by atoms with Gasteiger partial charge in [-0.3, -0.25) is 0 Å². The number of rotatable bonds is 6. The number of hydrogen-bond acceptors (Lipinski definition) is 1. The molecule has 0 saturated carbocycles. The van der Waals surface area contributed by atoms with Gasteiger partial charge < -0.3 is 9.88 Å². The van der Waals surface area contributed by atoms with Crippen molar-refractivity contribution < 1.29 is 0 Å². The Morgan fingerprint density at radius 3 is 2.89 bits per heavy atom. The zero-order valence-corrected chi connectivity index (χ0v) is 11.5. The smallest absolute Gasteiger partial charge is 0.0467 e. The topological polar surface area (TPSA) is 17.0 Å². The molecule has 96 valence electrons. The lowest BCUT2D eigenvalue weighted by Crippen LogP contribution is -2.16. The Kier molecular flexibility index (Phi) is 4.85. The number of benzene rings is 1. The summed E-state index contributed by atoms with van der Waals surface area (Å²) in [5.41, 5.74) is 2.37. The van der Waals surface area contributed by atoms with Crippen LogP contribution in [0.2, 0.25) is 5.02 Å². The van der Waals surface area contributed by atoms with Crippen molar-refractivity contribution in [2.45, 2.75) is 26.3 Å². The third-order valence-corrected chi connectivity index (χ3v) is 3.17. The van der Waals surface area contributed by atoms with Gasteiger partial charge in [-0.15, -0.1) is 0 Å². The van der Waals surface area contributed by atoms with E-state index in [9.17, 15) is 0 Å². The zero-order chi connectivity index (χ0) is 12.8. The molecule has 18 heavy (non-hydrogen) atoms. The fraction of sp³-hybridized carbons (Fsp3) is 0.333. The van der Waals surface area contributed by atoms with Crippen LogP contribution in [0.25, 0.3) is 5.69 Å². The molecule has 2 aromatic rings. The van der Waals surface area contributed by atoms with Crippen molar-refractivity contribution in [2.24, 2.45) is 0 Å². The number of nitrogens with zero attached hydrogens (tertiary/aromatic N) is 1. The van der Waals surface area contributed by atoms with Gasteiger partial charge in [-0.2, -0.15) is 0 Å². The first-order chi connectivity index (χ1) is 8.81. The number of unbranched alkanes of at least 4 members (excludes halogenated alkanes) is 1. The Hall–Kier alpha value is -1.25. The standard InChI is InChI=1S/C15H19ClN2/c1-2-3-9-17-12-15-8-5-10-18(15)14-7-4-6-13(16)11-14/h4-8,10-11,17H,2-3,9,12H2,1H3. The molecule has 1 aromatic carbocycles. The van der Waals surface area contributed by atoms with Crippen LogP contribution in [0.3, 0.4) is 0 Å². The van der Waals surface area contributed by atoms with E-state index in [2.05, 4.69) is 41.2 Å². The normalized spacial score (nSPS) is 10.8. The molecule has 0 saturated heterocycles. The van der Waals surface area contributed by atoms with E-state index in [1.807, 2.05) is 18.2 Å². The average Bonchev–Trinajstić information content (AvgIpc) is 2.83. The van der Waals surface area contributed by atoms with Crippen LogP contribution >= 0.6 is 11.6 Å². The van der Waals surface area contributed by atoms with E-state index >= 15 is 0 Å². The van der Waals surface area contributed by atoms with Gasteiger partial charge >= 0.3 is 0 Å². The van der Waals surface area contributed by atoms with Crippen molar-refractivity contribution in [1.29, 1.82) is 0 Å². The minimum Gasteiger partial charge on any atom is -0.320 e. The molecule has 3 heteroatoms. The molecule has 1 aromatic heterocycles. The van der Waals surface area contributed by atoms with E-state index in [0.717, 1.165) is 23.8 Å². The number of halogens is 1. The van der Waals surface area contributed by atoms with Crippen LogP contribution in [0.15, 0.2) is 42.6 Å². The summed E-state index contributed by atoms with van der Waals surface area (Å²) in [7, 11) is 0. The van der Waals surface area contributed by atoms with Gasteiger partial charge in [-0.05, 0) is 43.3 Å². The highest BCUT2D eigenvalue weighted by molar-refractivity contribution is 6.30. The van der Waals surface area contributed by atoms with Crippen molar-refractivity contribution in [3.8, 4) is 5.69 Å². The van der Waals surface area contributed by atoms with Crippen LogP contribution in [0.4, 0.5) is 0 Å². The van der Waals surface area contributed by atoms with Crippen LogP contribution in [-0.4, -0.2) is 11.1 Å². The quantitative estimate of drug-likeness (QED) is 0.778. The van der Waals surface area contributed by atoms with Crippen LogP contribution < -0.4 is 5.32 Å². The van der Waals surface area contributed by atoms with E-state index in [1.54, 1.807) is 0 Å². The highest BCUT2D eigenvalue weighted by Gasteiger charge is 2.03.